The van der Waals surface area contributed by atoms with Gasteiger partial charge in [0.1, 0.15) is 22.5 Å². The maximum Gasteiger partial charge on any atom is 0.257 e. The smallest absolute Gasteiger partial charge is 0.257 e. The molecule has 0 saturated heterocycles. The molecular formula is C14H8FN3OS. The van der Waals surface area contributed by atoms with Gasteiger partial charge in [0, 0.05) is 22.3 Å². The number of aromatic nitrogens is 1. The lowest BCUT2D eigenvalue weighted by molar-refractivity contribution is -0.110. The van der Waals surface area contributed by atoms with Crippen LogP contribution in [-0.4, -0.2) is 10.9 Å². The highest BCUT2D eigenvalue weighted by Gasteiger charge is 2.29. The van der Waals surface area contributed by atoms with Gasteiger partial charge in [0.25, 0.3) is 5.91 Å². The van der Waals surface area contributed by atoms with Crippen molar-refractivity contribution in [1.29, 1.82) is 5.26 Å². The predicted octanol–water partition coefficient (Wildman–Crippen LogP) is 2.98. The lowest BCUT2D eigenvalue weighted by Gasteiger charge is -2.00. The molecule has 0 unspecified atom stereocenters. The van der Waals surface area contributed by atoms with Crippen molar-refractivity contribution >= 4 is 34.1 Å². The summed E-state index contributed by atoms with van der Waals surface area (Å²) in [7, 11) is 0. The lowest BCUT2D eigenvalue weighted by Crippen LogP contribution is -2.05. The number of nitrogens with zero attached hydrogens (tertiary/aromatic N) is 2. The topological polar surface area (TPSA) is 65.8 Å². The van der Waals surface area contributed by atoms with E-state index in [9.17, 15) is 14.4 Å². The molecule has 0 bridgehead atoms. The van der Waals surface area contributed by atoms with E-state index in [4.69, 9.17) is 0 Å². The Hall–Kier alpha value is -2.52. The van der Waals surface area contributed by atoms with E-state index in [-0.39, 0.29) is 11.1 Å². The molecule has 1 N–H and O–H groups in total. The summed E-state index contributed by atoms with van der Waals surface area (Å²) < 4.78 is 13.4. The molecule has 2 heterocycles. The molecule has 3 rings (SSSR count). The van der Waals surface area contributed by atoms with Crippen LogP contribution < -0.4 is 5.32 Å². The van der Waals surface area contributed by atoms with Crippen LogP contribution >= 0.6 is 11.3 Å². The number of benzene rings is 1. The first kappa shape index (κ1) is 12.5. The van der Waals surface area contributed by atoms with Crippen molar-refractivity contribution in [3.8, 4) is 6.07 Å². The van der Waals surface area contributed by atoms with Gasteiger partial charge in [-0.2, -0.15) is 5.26 Å². The molecule has 0 spiro atoms. The van der Waals surface area contributed by atoms with Crippen LogP contribution in [0.1, 0.15) is 16.3 Å². The number of thiazole rings is 1. The summed E-state index contributed by atoms with van der Waals surface area (Å²) in [5.74, 6) is -0.861. The van der Waals surface area contributed by atoms with E-state index in [2.05, 4.69) is 10.3 Å². The van der Waals surface area contributed by atoms with Crippen LogP contribution in [0.4, 0.5) is 10.1 Å². The van der Waals surface area contributed by atoms with Gasteiger partial charge in [0.2, 0.25) is 0 Å². The second-order valence-corrected chi connectivity index (χ2v) is 5.16. The first-order valence-electron chi connectivity index (χ1n) is 5.78. The predicted molar refractivity (Wildman–Crippen MR) is 74.3 cm³/mol. The monoisotopic (exact) mass is 285 g/mol. The summed E-state index contributed by atoms with van der Waals surface area (Å²) in [5, 5.41) is 14.2. The minimum Gasteiger partial charge on any atom is -0.321 e. The van der Waals surface area contributed by atoms with Gasteiger partial charge in [0.05, 0.1) is 5.57 Å². The van der Waals surface area contributed by atoms with E-state index in [1.807, 2.05) is 13.0 Å². The number of hydrogen-bond donors (Lipinski definition) is 1. The Labute approximate surface area is 118 Å². The molecule has 6 heteroatoms. The summed E-state index contributed by atoms with van der Waals surface area (Å²) >= 11 is 1.28. The van der Waals surface area contributed by atoms with Gasteiger partial charge in [-0.1, -0.05) is 0 Å². The van der Waals surface area contributed by atoms with Crippen molar-refractivity contribution in [1.82, 2.24) is 4.98 Å². The number of rotatable bonds is 1. The molecule has 0 saturated carbocycles. The van der Waals surface area contributed by atoms with Crippen molar-refractivity contribution in [2.45, 2.75) is 6.92 Å². The van der Waals surface area contributed by atoms with Crippen LogP contribution in [0.15, 0.2) is 23.6 Å². The largest absolute Gasteiger partial charge is 0.321 e. The Balaban J connectivity index is 2.27. The standard InChI is InChI=1S/C14H8FN3OS/c1-7-6-20-14(17-7)10(5-16)12-9-4-8(15)2-3-11(9)18-13(12)19/h2-4,6H,1H3,(H,18,19)/b12-10-. The fourth-order valence-electron chi connectivity index (χ4n) is 2.07. The van der Waals surface area contributed by atoms with Crippen LogP contribution in [-0.2, 0) is 4.79 Å². The van der Waals surface area contributed by atoms with Gasteiger partial charge in [-0.05, 0) is 25.1 Å². The zero-order valence-electron chi connectivity index (χ0n) is 10.4. The molecule has 0 atom stereocenters. The Morgan fingerprint density at radius 3 is 2.95 bits per heavy atom. The maximum atomic E-state index is 13.4. The number of nitriles is 1. The molecule has 0 aliphatic carbocycles. The van der Waals surface area contributed by atoms with Crippen molar-refractivity contribution in [3.05, 3.63) is 45.7 Å². The molecule has 1 amide bonds. The second kappa shape index (κ2) is 4.54. The normalized spacial score (nSPS) is 15.6. The molecule has 1 aromatic carbocycles. The number of aryl methyl sites for hydroxylation is 1. The van der Waals surface area contributed by atoms with Crippen LogP contribution in [0.3, 0.4) is 0 Å². The number of nitrogens with one attached hydrogen (secondary N) is 1. The van der Waals surface area contributed by atoms with E-state index in [0.29, 0.717) is 16.3 Å². The first-order chi connectivity index (χ1) is 9.60. The van der Waals surface area contributed by atoms with E-state index < -0.39 is 11.7 Å². The number of hydrogen-bond acceptors (Lipinski definition) is 4. The van der Waals surface area contributed by atoms with Gasteiger partial charge in [-0.15, -0.1) is 11.3 Å². The fourth-order valence-corrected chi connectivity index (χ4v) is 2.86. The van der Waals surface area contributed by atoms with Crippen LogP contribution in [0, 0.1) is 24.1 Å². The number of amides is 1. The van der Waals surface area contributed by atoms with Crippen LogP contribution in [0.25, 0.3) is 11.1 Å². The highest BCUT2D eigenvalue weighted by molar-refractivity contribution is 7.11. The average Bonchev–Trinajstić information content (AvgIpc) is 2.96. The Bertz CT molecular complexity index is 801. The van der Waals surface area contributed by atoms with Gasteiger partial charge in [-0.25, -0.2) is 9.37 Å². The quantitative estimate of drug-likeness (QED) is 0.647. The Morgan fingerprint density at radius 2 is 2.30 bits per heavy atom. The molecule has 1 aliphatic rings. The van der Waals surface area contributed by atoms with Crippen molar-refractivity contribution < 1.29 is 9.18 Å². The van der Waals surface area contributed by atoms with E-state index in [0.717, 1.165) is 5.69 Å². The van der Waals surface area contributed by atoms with Gasteiger partial charge in [0.15, 0.2) is 0 Å². The number of fused-ring (bicyclic) bond motifs is 1. The molecular weight excluding hydrogens is 277 g/mol. The minimum atomic E-state index is -0.453. The SMILES string of the molecule is Cc1csc(/C(C#N)=C2\C(=O)Nc3ccc(F)cc32)n1. The highest BCUT2D eigenvalue weighted by Crippen LogP contribution is 2.37. The number of anilines is 1. The maximum absolute atomic E-state index is 13.4. The summed E-state index contributed by atoms with van der Waals surface area (Å²) in [6.45, 7) is 1.81. The highest BCUT2D eigenvalue weighted by atomic mass is 32.1. The summed E-state index contributed by atoms with van der Waals surface area (Å²) in [5.41, 5.74) is 2.03. The zero-order valence-corrected chi connectivity index (χ0v) is 11.2. The molecule has 0 fully saturated rings. The minimum absolute atomic E-state index is 0.171. The molecule has 4 nitrogen and oxygen atoms in total. The van der Waals surface area contributed by atoms with Crippen LogP contribution in [0.5, 0.6) is 0 Å². The van der Waals surface area contributed by atoms with E-state index in [1.165, 1.54) is 29.5 Å². The molecule has 1 aliphatic heterocycles. The average molecular weight is 285 g/mol. The van der Waals surface area contributed by atoms with Gasteiger partial charge in [-0.3, -0.25) is 4.79 Å². The summed E-state index contributed by atoms with van der Waals surface area (Å²) in [6, 6.07) is 6.01. The molecule has 1 aromatic heterocycles. The number of halogens is 1. The number of carbonyl (C=O) groups is 1. The van der Waals surface area contributed by atoms with Crippen LogP contribution in [0.2, 0.25) is 0 Å². The third kappa shape index (κ3) is 1.89. The molecule has 2 aromatic rings. The zero-order chi connectivity index (χ0) is 14.3. The third-order valence-corrected chi connectivity index (χ3v) is 3.90. The van der Waals surface area contributed by atoms with Crippen molar-refractivity contribution in [3.63, 3.8) is 0 Å². The molecule has 20 heavy (non-hydrogen) atoms. The Morgan fingerprint density at radius 1 is 1.50 bits per heavy atom. The van der Waals surface area contributed by atoms with Gasteiger partial charge < -0.3 is 5.32 Å². The third-order valence-electron chi connectivity index (χ3n) is 2.92. The Kier molecular flexibility index (Phi) is 2.84. The van der Waals surface area contributed by atoms with Gasteiger partial charge >= 0.3 is 0 Å². The number of allylic oxidation sites excluding steroid dienone is 1. The number of carbonyl (C=O) groups excluding carboxylic acids is 1. The lowest BCUT2D eigenvalue weighted by atomic mass is 10.0. The van der Waals surface area contributed by atoms with Crippen molar-refractivity contribution in [2.24, 2.45) is 0 Å². The second-order valence-electron chi connectivity index (χ2n) is 4.30. The van der Waals surface area contributed by atoms with E-state index in [1.54, 1.807) is 5.38 Å². The van der Waals surface area contributed by atoms with Crippen molar-refractivity contribution in [2.75, 3.05) is 5.32 Å². The molecule has 98 valence electrons. The summed E-state index contributed by atoms with van der Waals surface area (Å²) in [6.07, 6.45) is 0. The first-order valence-corrected chi connectivity index (χ1v) is 6.66. The summed E-state index contributed by atoms with van der Waals surface area (Å²) in [4.78, 5) is 16.3. The van der Waals surface area contributed by atoms with E-state index >= 15 is 0 Å². The fraction of sp³-hybridized carbons (Fsp3) is 0.0714. The molecule has 0 radical (unpaired) electrons.